The van der Waals surface area contributed by atoms with E-state index in [1.165, 1.54) is 148 Å². The van der Waals surface area contributed by atoms with E-state index in [0.717, 1.165) is 38.5 Å². The summed E-state index contributed by atoms with van der Waals surface area (Å²) in [7, 11) is 0. The number of unbranched alkanes of at least 4 members (excludes halogenated alkanes) is 28. The second-order valence-corrected chi connectivity index (χ2v) is 22.5. The van der Waals surface area contributed by atoms with Crippen molar-refractivity contribution < 1.29 is 89.4 Å². The molecule has 17 atom stereocenters. The molecule has 19 nitrogen and oxygen atoms in total. The van der Waals surface area contributed by atoms with Crippen molar-refractivity contribution in [2.45, 2.75) is 324 Å². The lowest BCUT2D eigenvalue weighted by Crippen LogP contribution is -2.66. The molecule has 0 aliphatic carbocycles. The average Bonchev–Trinajstić information content (AvgIpc) is 3.57. The number of carbonyl (C=O) groups excluding carboxylic acids is 1. The third-order valence-electron chi connectivity index (χ3n) is 15.8. The van der Waals surface area contributed by atoms with E-state index in [9.17, 15) is 61.0 Å². The molecule has 464 valence electrons. The van der Waals surface area contributed by atoms with Gasteiger partial charge in [0.2, 0.25) is 5.91 Å². The van der Waals surface area contributed by atoms with Crippen LogP contribution in [0.25, 0.3) is 0 Å². The van der Waals surface area contributed by atoms with Gasteiger partial charge in [-0.25, -0.2) is 0 Å². The third-order valence-corrected chi connectivity index (χ3v) is 15.8. The van der Waals surface area contributed by atoms with Crippen LogP contribution in [0.2, 0.25) is 0 Å². The van der Waals surface area contributed by atoms with E-state index >= 15 is 0 Å². The monoisotopic (exact) mass is 1130 g/mol. The van der Waals surface area contributed by atoms with Gasteiger partial charge in [0.15, 0.2) is 18.9 Å². The van der Waals surface area contributed by atoms with Gasteiger partial charge in [-0.3, -0.25) is 4.79 Å². The molecule has 3 aliphatic rings. The van der Waals surface area contributed by atoms with Crippen LogP contribution in [0.3, 0.4) is 0 Å². The summed E-state index contributed by atoms with van der Waals surface area (Å²) in [6, 6.07) is -0.984. The molecule has 0 aromatic carbocycles. The minimum absolute atomic E-state index is 0.240. The number of allylic oxidation sites excluding steroid dienone is 3. The SMILES string of the molecule is CCCCCCC/C=C/CC/C=C/C(O)C(COC1OC(CO)C(OC2OC(CO)C(OC3OC(CO)C(O)C(O)C3O)C(O)C2O)C(O)C1O)NC(=O)CCCCCCCCCCCCCCCCCCCCCCCCC. The Morgan fingerprint density at radius 2 is 0.810 bits per heavy atom. The van der Waals surface area contributed by atoms with E-state index < -0.39 is 124 Å². The lowest BCUT2D eigenvalue weighted by atomic mass is 9.96. The van der Waals surface area contributed by atoms with Crippen LogP contribution >= 0.6 is 0 Å². The van der Waals surface area contributed by atoms with Crippen LogP contribution in [0.1, 0.15) is 219 Å². The number of aliphatic hydroxyl groups excluding tert-OH is 11. The fourth-order valence-electron chi connectivity index (χ4n) is 10.6. The Labute approximate surface area is 473 Å². The molecular weight excluding hydrogens is 1020 g/mol. The maximum absolute atomic E-state index is 13.3. The molecule has 79 heavy (non-hydrogen) atoms. The highest BCUT2D eigenvalue weighted by Gasteiger charge is 2.53. The summed E-state index contributed by atoms with van der Waals surface area (Å²) in [6.07, 6.45) is 19.0. The van der Waals surface area contributed by atoms with Gasteiger partial charge in [0.05, 0.1) is 38.6 Å². The fourth-order valence-corrected chi connectivity index (χ4v) is 10.6. The van der Waals surface area contributed by atoms with Crippen LogP contribution in [0, 0.1) is 0 Å². The summed E-state index contributed by atoms with van der Waals surface area (Å²) in [4.78, 5) is 13.3. The Balaban J connectivity index is 1.45. The lowest BCUT2D eigenvalue weighted by molar-refractivity contribution is -0.379. The number of nitrogens with one attached hydrogen (secondary N) is 1. The van der Waals surface area contributed by atoms with Crippen molar-refractivity contribution in [3.8, 4) is 0 Å². The third kappa shape index (κ3) is 27.7. The van der Waals surface area contributed by atoms with Crippen molar-refractivity contribution in [3.63, 3.8) is 0 Å². The Hall–Kier alpha value is -1.73. The number of hydrogen-bond acceptors (Lipinski definition) is 18. The molecule has 3 aliphatic heterocycles. The minimum atomic E-state index is -1.98. The molecule has 0 radical (unpaired) electrons. The van der Waals surface area contributed by atoms with E-state index in [0.29, 0.717) is 12.8 Å². The Kier molecular flexibility index (Phi) is 39.7. The molecule has 3 fully saturated rings. The first-order chi connectivity index (χ1) is 38.3. The molecule has 3 heterocycles. The molecule has 1 amide bonds. The molecule has 19 heteroatoms. The predicted molar refractivity (Wildman–Crippen MR) is 300 cm³/mol. The first-order valence-electron chi connectivity index (χ1n) is 31.1. The second kappa shape index (κ2) is 43.8. The molecule has 0 spiro atoms. The summed E-state index contributed by atoms with van der Waals surface area (Å²) in [5.74, 6) is -0.284. The molecule has 17 unspecified atom stereocenters. The van der Waals surface area contributed by atoms with Crippen LogP contribution < -0.4 is 5.32 Å². The quantitative estimate of drug-likeness (QED) is 0.0248. The maximum atomic E-state index is 13.3. The summed E-state index contributed by atoms with van der Waals surface area (Å²) in [5.41, 5.74) is 0. The number of carbonyl (C=O) groups is 1. The molecule has 3 saturated heterocycles. The number of aliphatic hydroxyl groups is 11. The standard InChI is InChI=1S/C60H111NO18/c1-3-5-7-9-11-13-15-16-17-18-19-20-21-22-23-24-25-26-28-30-32-34-36-38-48(66)61-43(44(65)37-35-33-31-29-27-14-12-10-8-6-4-2)42-74-58-54(72)51(69)56(46(40-63)76-58)79-60-55(73)52(70)57(47(41-64)77-60)78-59-53(71)50(68)49(67)45(39-62)75-59/h27,29,35,37,43-47,49-60,62-65,67-73H,3-26,28,30-34,36,38-42H2,1-2H3,(H,61,66)/b29-27+,37-35+. The lowest BCUT2D eigenvalue weighted by Gasteiger charge is -2.48. The van der Waals surface area contributed by atoms with Gasteiger partial charge in [-0.1, -0.05) is 205 Å². The van der Waals surface area contributed by atoms with Crippen molar-refractivity contribution in [1.29, 1.82) is 0 Å². The van der Waals surface area contributed by atoms with Gasteiger partial charge in [-0.2, -0.15) is 0 Å². The minimum Gasteiger partial charge on any atom is -0.394 e. The normalized spacial score (nSPS) is 30.4. The number of amides is 1. The van der Waals surface area contributed by atoms with Gasteiger partial charge >= 0.3 is 0 Å². The van der Waals surface area contributed by atoms with Crippen LogP contribution in [0.15, 0.2) is 24.3 Å². The Morgan fingerprint density at radius 1 is 0.443 bits per heavy atom. The number of rotatable bonds is 46. The molecule has 0 saturated carbocycles. The topological polar surface area (TPSA) is 307 Å². The average molecular weight is 1130 g/mol. The van der Waals surface area contributed by atoms with E-state index in [2.05, 4.69) is 31.3 Å². The Morgan fingerprint density at radius 3 is 1.27 bits per heavy atom. The van der Waals surface area contributed by atoms with Crippen molar-refractivity contribution in [1.82, 2.24) is 5.32 Å². The maximum Gasteiger partial charge on any atom is 0.220 e. The summed E-state index contributed by atoms with van der Waals surface area (Å²) >= 11 is 0. The van der Waals surface area contributed by atoms with Gasteiger partial charge in [0.25, 0.3) is 0 Å². The molecular formula is C60H111NO18. The molecule has 0 aromatic heterocycles. The van der Waals surface area contributed by atoms with Crippen molar-refractivity contribution >= 4 is 5.91 Å². The molecule has 12 N–H and O–H groups in total. The van der Waals surface area contributed by atoms with Gasteiger partial charge in [0.1, 0.15) is 73.2 Å². The van der Waals surface area contributed by atoms with Crippen molar-refractivity contribution in [2.24, 2.45) is 0 Å². The van der Waals surface area contributed by atoms with E-state index in [1.807, 2.05) is 6.08 Å². The zero-order valence-electron chi connectivity index (χ0n) is 48.4. The van der Waals surface area contributed by atoms with Gasteiger partial charge in [-0.15, -0.1) is 0 Å². The second-order valence-electron chi connectivity index (χ2n) is 22.5. The van der Waals surface area contributed by atoms with E-state index in [1.54, 1.807) is 6.08 Å². The van der Waals surface area contributed by atoms with Crippen LogP contribution in [-0.4, -0.2) is 193 Å². The molecule has 0 bridgehead atoms. The van der Waals surface area contributed by atoms with Crippen molar-refractivity contribution in [2.75, 3.05) is 26.4 Å². The zero-order valence-corrected chi connectivity index (χ0v) is 48.4. The number of ether oxygens (including phenoxy) is 6. The summed E-state index contributed by atoms with van der Waals surface area (Å²) < 4.78 is 34.2. The predicted octanol–water partition coefficient (Wildman–Crippen LogP) is 5.93. The van der Waals surface area contributed by atoms with Crippen LogP contribution in [-0.2, 0) is 33.2 Å². The van der Waals surface area contributed by atoms with Crippen LogP contribution in [0.4, 0.5) is 0 Å². The smallest absolute Gasteiger partial charge is 0.220 e. The largest absolute Gasteiger partial charge is 0.394 e. The Bertz CT molecular complexity index is 1540. The fraction of sp³-hybridized carbons (Fsp3) is 0.917. The van der Waals surface area contributed by atoms with Crippen LogP contribution in [0.5, 0.6) is 0 Å². The van der Waals surface area contributed by atoms with Gasteiger partial charge in [-0.05, 0) is 32.1 Å². The van der Waals surface area contributed by atoms with Crippen molar-refractivity contribution in [3.05, 3.63) is 24.3 Å². The highest BCUT2D eigenvalue weighted by molar-refractivity contribution is 5.76. The first kappa shape index (κ1) is 71.5. The summed E-state index contributed by atoms with van der Waals surface area (Å²) in [6.45, 7) is 1.68. The van der Waals surface area contributed by atoms with Gasteiger partial charge in [0, 0.05) is 6.42 Å². The van der Waals surface area contributed by atoms with Gasteiger partial charge < -0.3 is 89.9 Å². The van der Waals surface area contributed by atoms with E-state index in [4.69, 9.17) is 28.4 Å². The molecule has 3 rings (SSSR count). The summed E-state index contributed by atoms with van der Waals surface area (Å²) in [5, 5.41) is 120. The molecule has 0 aromatic rings. The first-order valence-corrected chi connectivity index (χ1v) is 31.1. The highest BCUT2D eigenvalue weighted by atomic mass is 16.8. The van der Waals surface area contributed by atoms with E-state index in [-0.39, 0.29) is 18.9 Å². The zero-order chi connectivity index (χ0) is 57.6. The number of hydrogen-bond donors (Lipinski definition) is 12. The highest BCUT2D eigenvalue weighted by Crippen LogP contribution is 2.33.